The number of hydrogen-bond acceptors (Lipinski definition) is 6. The first-order valence-corrected chi connectivity index (χ1v) is 7.25. The Morgan fingerprint density at radius 3 is 2.90 bits per heavy atom. The zero-order valence-electron chi connectivity index (χ0n) is 11.0. The van der Waals surface area contributed by atoms with Crippen molar-refractivity contribution >= 4 is 22.7 Å². The summed E-state index contributed by atoms with van der Waals surface area (Å²) in [7, 11) is 0. The molecule has 0 aliphatic rings. The molecule has 0 aliphatic carbocycles. The maximum Gasteiger partial charge on any atom is 0.276 e. The van der Waals surface area contributed by atoms with Gasteiger partial charge in [0.2, 0.25) is 5.89 Å². The Bertz CT molecular complexity index is 741. The Balaban J connectivity index is 1.86. The van der Waals surface area contributed by atoms with E-state index < -0.39 is 0 Å². The first kappa shape index (κ1) is 13.1. The molecule has 0 spiro atoms. The van der Waals surface area contributed by atoms with E-state index in [4.69, 9.17) is 10.2 Å². The van der Waals surface area contributed by atoms with Crippen LogP contribution in [0.2, 0.25) is 0 Å². The summed E-state index contributed by atoms with van der Waals surface area (Å²) in [5.74, 6) is 1.22. The van der Waals surface area contributed by atoms with Crippen molar-refractivity contribution in [3.8, 4) is 0 Å². The van der Waals surface area contributed by atoms with Crippen molar-refractivity contribution in [2.24, 2.45) is 5.73 Å². The number of nitrogens with zero attached hydrogens (tertiary/aromatic N) is 3. The van der Waals surface area contributed by atoms with Crippen LogP contribution in [-0.4, -0.2) is 15.2 Å². The molecule has 1 aromatic carbocycles. The second kappa shape index (κ2) is 5.60. The van der Waals surface area contributed by atoms with Crippen LogP contribution in [0, 0.1) is 6.92 Å². The Kier molecular flexibility index (Phi) is 3.66. The molecule has 0 saturated heterocycles. The van der Waals surface area contributed by atoms with Gasteiger partial charge in [-0.15, -0.1) is 10.2 Å². The molecule has 102 valence electrons. The van der Waals surface area contributed by atoms with Crippen LogP contribution >= 0.6 is 11.8 Å². The van der Waals surface area contributed by atoms with Crippen molar-refractivity contribution in [3.63, 3.8) is 0 Å². The van der Waals surface area contributed by atoms with Crippen LogP contribution in [0.1, 0.15) is 17.1 Å². The molecular weight excluding hydrogens is 272 g/mol. The van der Waals surface area contributed by atoms with E-state index in [1.807, 2.05) is 25.1 Å². The molecule has 20 heavy (non-hydrogen) atoms. The molecule has 0 atom stereocenters. The lowest BCUT2D eigenvalue weighted by molar-refractivity contribution is 0.415. The minimum absolute atomic E-state index is 0.269. The van der Waals surface area contributed by atoms with Gasteiger partial charge in [0.15, 0.2) is 0 Å². The summed E-state index contributed by atoms with van der Waals surface area (Å²) in [5, 5.41) is 9.51. The van der Waals surface area contributed by atoms with Crippen LogP contribution in [0.3, 0.4) is 0 Å². The summed E-state index contributed by atoms with van der Waals surface area (Å²) in [6, 6.07) is 10.2. The summed E-state index contributed by atoms with van der Waals surface area (Å²) >= 11 is 1.51. The highest BCUT2D eigenvalue weighted by atomic mass is 32.2. The van der Waals surface area contributed by atoms with Gasteiger partial charge < -0.3 is 10.2 Å². The maximum atomic E-state index is 5.45. The van der Waals surface area contributed by atoms with Gasteiger partial charge >= 0.3 is 0 Å². The van der Waals surface area contributed by atoms with Crippen molar-refractivity contribution in [1.29, 1.82) is 0 Å². The maximum absolute atomic E-state index is 5.45. The number of hydrogen-bond donors (Lipinski definition) is 1. The minimum Gasteiger partial charge on any atom is -0.415 e. The number of thioether (sulfide) groups is 1. The third-order valence-corrected chi connectivity index (χ3v) is 3.77. The van der Waals surface area contributed by atoms with Crippen LogP contribution < -0.4 is 5.73 Å². The van der Waals surface area contributed by atoms with Crippen molar-refractivity contribution < 1.29 is 4.42 Å². The number of nitrogens with two attached hydrogens (primary N) is 1. The molecule has 2 N–H and O–H groups in total. The lowest BCUT2D eigenvalue weighted by Gasteiger charge is -2.06. The molecule has 5 nitrogen and oxygen atoms in total. The molecular formula is C14H14N4OS. The van der Waals surface area contributed by atoms with Crippen molar-refractivity contribution in [2.45, 2.75) is 24.4 Å². The number of rotatable bonds is 4. The molecule has 0 amide bonds. The normalized spacial score (nSPS) is 11.1. The summed E-state index contributed by atoms with van der Waals surface area (Å²) in [4.78, 5) is 4.53. The van der Waals surface area contributed by atoms with Gasteiger partial charge in [0.05, 0.1) is 12.1 Å². The van der Waals surface area contributed by atoms with Crippen molar-refractivity contribution in [2.75, 3.05) is 0 Å². The molecule has 0 fully saturated rings. The molecule has 0 aliphatic heterocycles. The van der Waals surface area contributed by atoms with E-state index in [0.717, 1.165) is 22.3 Å². The Morgan fingerprint density at radius 1 is 1.25 bits per heavy atom. The van der Waals surface area contributed by atoms with E-state index in [1.54, 1.807) is 0 Å². The van der Waals surface area contributed by atoms with Crippen LogP contribution in [0.5, 0.6) is 0 Å². The van der Waals surface area contributed by atoms with Gasteiger partial charge in [-0.3, -0.25) is 4.98 Å². The highest BCUT2D eigenvalue weighted by Crippen LogP contribution is 2.26. The third-order valence-electron chi connectivity index (χ3n) is 2.90. The molecule has 3 rings (SSSR count). The molecule has 0 bridgehead atoms. The molecule has 3 aromatic rings. The fraction of sp³-hybridized carbons (Fsp3) is 0.214. The van der Waals surface area contributed by atoms with E-state index in [2.05, 4.69) is 27.3 Å². The van der Waals surface area contributed by atoms with E-state index in [-0.39, 0.29) is 6.54 Å². The summed E-state index contributed by atoms with van der Waals surface area (Å²) < 4.78 is 5.40. The van der Waals surface area contributed by atoms with Gasteiger partial charge in [-0.2, -0.15) is 0 Å². The van der Waals surface area contributed by atoms with Crippen molar-refractivity contribution in [3.05, 3.63) is 47.5 Å². The number of fused-ring (bicyclic) bond motifs is 1. The monoisotopic (exact) mass is 286 g/mol. The zero-order valence-corrected chi connectivity index (χ0v) is 11.9. The molecule has 2 heterocycles. The second-order valence-electron chi connectivity index (χ2n) is 4.39. The summed E-state index contributed by atoms with van der Waals surface area (Å²) in [5.41, 5.74) is 8.68. The highest BCUT2D eigenvalue weighted by Gasteiger charge is 2.08. The zero-order chi connectivity index (χ0) is 13.9. The molecule has 0 radical (unpaired) electrons. The van der Waals surface area contributed by atoms with Crippen LogP contribution in [0.4, 0.5) is 0 Å². The largest absolute Gasteiger partial charge is 0.415 e. The van der Waals surface area contributed by atoms with Gasteiger partial charge in [0.1, 0.15) is 0 Å². The topological polar surface area (TPSA) is 77.8 Å². The fourth-order valence-corrected chi connectivity index (χ4v) is 2.80. The van der Waals surface area contributed by atoms with E-state index in [1.165, 1.54) is 17.3 Å². The van der Waals surface area contributed by atoms with Gasteiger partial charge in [0.25, 0.3) is 5.22 Å². The number of benzene rings is 1. The first-order chi connectivity index (χ1) is 9.76. The molecule has 0 saturated carbocycles. The molecule has 6 heteroatoms. The average Bonchev–Trinajstić information content (AvgIpc) is 2.92. The summed E-state index contributed by atoms with van der Waals surface area (Å²) in [6.07, 6.45) is 0. The number of aryl methyl sites for hydroxylation is 1. The van der Waals surface area contributed by atoms with Crippen LogP contribution in [0.25, 0.3) is 10.9 Å². The molecule has 0 unspecified atom stereocenters. The number of pyridine rings is 1. The molecule has 2 aromatic heterocycles. The van der Waals surface area contributed by atoms with Crippen molar-refractivity contribution in [1.82, 2.24) is 15.2 Å². The standard InChI is InChI=1S/C14H14N4OS/c1-9-6-10(11-4-2-3-5-12(11)16-9)8-20-14-18-17-13(7-15)19-14/h2-6H,7-8,15H2,1H3. The fourth-order valence-electron chi connectivity index (χ4n) is 2.03. The smallest absolute Gasteiger partial charge is 0.276 e. The Labute approximate surface area is 120 Å². The van der Waals surface area contributed by atoms with Gasteiger partial charge in [-0.1, -0.05) is 30.0 Å². The Morgan fingerprint density at radius 2 is 2.10 bits per heavy atom. The summed E-state index contributed by atoms with van der Waals surface area (Å²) in [6.45, 7) is 2.27. The Hall–Kier alpha value is -1.92. The lowest BCUT2D eigenvalue weighted by Crippen LogP contribution is -1.95. The number of para-hydroxylation sites is 1. The quantitative estimate of drug-likeness (QED) is 0.743. The van der Waals surface area contributed by atoms with E-state index >= 15 is 0 Å². The van der Waals surface area contributed by atoms with Crippen LogP contribution in [-0.2, 0) is 12.3 Å². The van der Waals surface area contributed by atoms with Crippen LogP contribution in [0.15, 0.2) is 40.0 Å². The number of aromatic nitrogens is 3. The average molecular weight is 286 g/mol. The van der Waals surface area contributed by atoms with E-state index in [0.29, 0.717) is 11.1 Å². The van der Waals surface area contributed by atoms with Gasteiger partial charge in [0, 0.05) is 16.8 Å². The first-order valence-electron chi connectivity index (χ1n) is 6.27. The van der Waals surface area contributed by atoms with Gasteiger partial charge in [-0.05, 0) is 24.6 Å². The SMILES string of the molecule is Cc1cc(CSc2nnc(CN)o2)c2ccccc2n1. The minimum atomic E-state index is 0.269. The van der Waals surface area contributed by atoms with E-state index in [9.17, 15) is 0 Å². The predicted molar refractivity (Wildman–Crippen MR) is 78.2 cm³/mol. The second-order valence-corrected chi connectivity index (χ2v) is 5.32. The lowest BCUT2D eigenvalue weighted by atomic mass is 10.1. The predicted octanol–water partition coefficient (Wildman–Crippen LogP) is 2.68. The third kappa shape index (κ3) is 2.66. The van der Waals surface area contributed by atoms with Gasteiger partial charge in [-0.25, -0.2) is 0 Å². The highest BCUT2D eigenvalue weighted by molar-refractivity contribution is 7.98.